The minimum absolute atomic E-state index is 0.0889. The van der Waals surface area contributed by atoms with Crippen LogP contribution in [0.15, 0.2) is 16.9 Å². The fourth-order valence-corrected chi connectivity index (χ4v) is 1.51. The maximum atomic E-state index is 11.4. The molecule has 1 N–H and O–H groups in total. The second kappa shape index (κ2) is 5.12. The molecule has 5 nitrogen and oxygen atoms in total. The van der Waals surface area contributed by atoms with Crippen molar-refractivity contribution in [2.75, 3.05) is 20.2 Å². The average Bonchev–Trinajstić information content (AvgIpc) is 3.10. The predicted molar refractivity (Wildman–Crippen MR) is 60.6 cm³/mol. The van der Waals surface area contributed by atoms with Crippen LogP contribution in [0.1, 0.15) is 12.8 Å². The number of hydrogen-bond donors (Lipinski definition) is 1. The Kier molecular flexibility index (Phi) is 3.56. The molecule has 1 saturated carbocycles. The molecular weight excluding hydrogens is 206 g/mol. The number of hydrogen-bond acceptors (Lipinski definition) is 4. The molecule has 2 rings (SSSR count). The Morgan fingerprint density at radius 1 is 1.56 bits per heavy atom. The number of nitrogens with zero attached hydrogens (tertiary/aromatic N) is 2. The quantitative estimate of drug-likeness (QED) is 0.702. The lowest BCUT2D eigenvalue weighted by atomic mass is 10.4. The molecule has 1 aromatic heterocycles. The monoisotopic (exact) mass is 223 g/mol. The molecule has 0 unspecified atom stereocenters. The van der Waals surface area contributed by atoms with Crippen molar-refractivity contribution in [1.82, 2.24) is 15.1 Å². The van der Waals surface area contributed by atoms with Crippen LogP contribution >= 0.6 is 0 Å². The Balaban J connectivity index is 1.84. The molecule has 0 spiro atoms. The van der Waals surface area contributed by atoms with Gasteiger partial charge in [0.2, 0.25) is 5.88 Å². The highest BCUT2D eigenvalue weighted by molar-refractivity contribution is 5.05. The third kappa shape index (κ3) is 3.06. The largest absolute Gasteiger partial charge is 0.480 e. The normalized spacial score (nSPS) is 15.1. The minimum Gasteiger partial charge on any atom is -0.480 e. The van der Waals surface area contributed by atoms with Gasteiger partial charge in [0.25, 0.3) is 5.56 Å². The van der Waals surface area contributed by atoms with Crippen molar-refractivity contribution in [1.29, 1.82) is 0 Å². The third-order valence-corrected chi connectivity index (χ3v) is 2.68. The van der Waals surface area contributed by atoms with Crippen LogP contribution in [0.25, 0.3) is 0 Å². The van der Waals surface area contributed by atoms with Gasteiger partial charge in [0.1, 0.15) is 0 Å². The number of rotatable bonds is 6. The van der Waals surface area contributed by atoms with Crippen molar-refractivity contribution in [3.63, 3.8) is 0 Å². The fraction of sp³-hybridized carbons (Fsp3) is 0.636. The van der Waals surface area contributed by atoms with Gasteiger partial charge >= 0.3 is 0 Å². The van der Waals surface area contributed by atoms with Crippen LogP contribution in [0.2, 0.25) is 0 Å². The maximum Gasteiger partial charge on any atom is 0.267 e. The summed E-state index contributed by atoms with van der Waals surface area (Å²) in [5, 5.41) is 7.38. The van der Waals surface area contributed by atoms with Crippen LogP contribution in [0.3, 0.4) is 0 Å². The van der Waals surface area contributed by atoms with Crippen molar-refractivity contribution in [2.45, 2.75) is 19.4 Å². The first kappa shape index (κ1) is 11.1. The maximum absolute atomic E-state index is 11.4. The number of nitrogens with one attached hydrogen (secondary N) is 1. The first-order valence-electron chi connectivity index (χ1n) is 5.62. The van der Waals surface area contributed by atoms with Gasteiger partial charge in [-0.15, -0.1) is 5.10 Å². The first-order chi connectivity index (χ1) is 7.79. The highest BCUT2D eigenvalue weighted by atomic mass is 16.5. The third-order valence-electron chi connectivity index (χ3n) is 2.68. The zero-order valence-electron chi connectivity index (χ0n) is 9.48. The standard InChI is InChI=1S/C11H17N3O2/c1-16-10-4-5-11(15)14(13-10)7-6-12-8-9-2-3-9/h4-5,9,12H,2-3,6-8H2,1H3. The molecule has 0 amide bonds. The summed E-state index contributed by atoms with van der Waals surface area (Å²) in [6.45, 7) is 2.41. The Morgan fingerprint density at radius 3 is 3.06 bits per heavy atom. The van der Waals surface area contributed by atoms with E-state index in [9.17, 15) is 4.79 Å². The number of ether oxygens (including phenoxy) is 1. The number of aromatic nitrogens is 2. The van der Waals surface area contributed by atoms with Crippen molar-refractivity contribution in [2.24, 2.45) is 5.92 Å². The van der Waals surface area contributed by atoms with E-state index in [0.717, 1.165) is 19.0 Å². The lowest BCUT2D eigenvalue weighted by Gasteiger charge is -2.06. The highest BCUT2D eigenvalue weighted by Gasteiger charge is 2.19. The lowest BCUT2D eigenvalue weighted by molar-refractivity contribution is 0.374. The van der Waals surface area contributed by atoms with Gasteiger partial charge in [-0.25, -0.2) is 4.68 Å². The summed E-state index contributed by atoms with van der Waals surface area (Å²) in [6, 6.07) is 3.06. The molecule has 88 valence electrons. The van der Waals surface area contributed by atoms with Crippen LogP contribution in [0, 0.1) is 5.92 Å². The van der Waals surface area contributed by atoms with E-state index in [1.807, 2.05) is 0 Å². The summed E-state index contributed by atoms with van der Waals surface area (Å²) >= 11 is 0. The van der Waals surface area contributed by atoms with E-state index < -0.39 is 0 Å². The second-order valence-corrected chi connectivity index (χ2v) is 4.08. The fourth-order valence-electron chi connectivity index (χ4n) is 1.51. The summed E-state index contributed by atoms with van der Waals surface area (Å²) in [5.74, 6) is 1.33. The van der Waals surface area contributed by atoms with E-state index in [1.165, 1.54) is 23.6 Å². The first-order valence-corrected chi connectivity index (χ1v) is 5.62. The van der Waals surface area contributed by atoms with Crippen molar-refractivity contribution in [3.05, 3.63) is 22.5 Å². The molecule has 1 aliphatic carbocycles. The van der Waals surface area contributed by atoms with Gasteiger partial charge in [-0.1, -0.05) is 0 Å². The summed E-state index contributed by atoms with van der Waals surface area (Å²) in [4.78, 5) is 11.4. The molecule has 0 radical (unpaired) electrons. The van der Waals surface area contributed by atoms with E-state index in [0.29, 0.717) is 12.4 Å². The smallest absolute Gasteiger partial charge is 0.267 e. The molecule has 1 heterocycles. The van der Waals surface area contributed by atoms with E-state index in [4.69, 9.17) is 4.74 Å². The topological polar surface area (TPSA) is 56.1 Å². The zero-order chi connectivity index (χ0) is 11.4. The van der Waals surface area contributed by atoms with Gasteiger partial charge in [0, 0.05) is 18.7 Å². The van der Waals surface area contributed by atoms with E-state index in [2.05, 4.69) is 10.4 Å². The summed E-state index contributed by atoms with van der Waals surface area (Å²) < 4.78 is 6.40. The van der Waals surface area contributed by atoms with Gasteiger partial charge in [-0.3, -0.25) is 4.79 Å². The Hall–Kier alpha value is -1.36. The number of methoxy groups -OCH3 is 1. The Morgan fingerprint density at radius 2 is 2.38 bits per heavy atom. The molecule has 1 fully saturated rings. The Labute approximate surface area is 94.4 Å². The van der Waals surface area contributed by atoms with Crippen LogP contribution in [-0.2, 0) is 6.54 Å². The highest BCUT2D eigenvalue weighted by Crippen LogP contribution is 2.27. The summed E-state index contributed by atoms with van der Waals surface area (Å²) in [5.41, 5.74) is -0.0889. The molecule has 0 aromatic carbocycles. The second-order valence-electron chi connectivity index (χ2n) is 4.08. The Bertz CT molecular complexity index is 398. The van der Waals surface area contributed by atoms with E-state index in [1.54, 1.807) is 13.2 Å². The minimum atomic E-state index is -0.0889. The van der Waals surface area contributed by atoms with Gasteiger partial charge < -0.3 is 10.1 Å². The van der Waals surface area contributed by atoms with E-state index >= 15 is 0 Å². The van der Waals surface area contributed by atoms with Crippen LogP contribution in [0.5, 0.6) is 5.88 Å². The average molecular weight is 223 g/mol. The van der Waals surface area contributed by atoms with Crippen LogP contribution < -0.4 is 15.6 Å². The van der Waals surface area contributed by atoms with Gasteiger partial charge in [-0.05, 0) is 25.3 Å². The van der Waals surface area contributed by atoms with Crippen molar-refractivity contribution < 1.29 is 4.74 Å². The SMILES string of the molecule is COc1ccc(=O)n(CCNCC2CC2)n1. The zero-order valence-corrected chi connectivity index (χ0v) is 9.48. The lowest BCUT2D eigenvalue weighted by Crippen LogP contribution is -2.29. The van der Waals surface area contributed by atoms with Gasteiger partial charge in [0.15, 0.2) is 0 Å². The molecule has 0 bridgehead atoms. The molecular formula is C11H17N3O2. The predicted octanol–water partition coefficient (Wildman–Crippen LogP) is 0.251. The van der Waals surface area contributed by atoms with Crippen molar-refractivity contribution in [3.8, 4) is 5.88 Å². The van der Waals surface area contributed by atoms with Crippen molar-refractivity contribution >= 4 is 0 Å². The van der Waals surface area contributed by atoms with Crippen LogP contribution in [0.4, 0.5) is 0 Å². The molecule has 0 aliphatic heterocycles. The molecule has 5 heteroatoms. The summed E-state index contributed by atoms with van der Waals surface area (Å²) in [6.07, 6.45) is 2.68. The molecule has 0 atom stereocenters. The molecule has 1 aliphatic rings. The van der Waals surface area contributed by atoms with Gasteiger partial charge in [0.05, 0.1) is 13.7 Å². The molecule has 0 saturated heterocycles. The van der Waals surface area contributed by atoms with Crippen LogP contribution in [-0.4, -0.2) is 30.0 Å². The molecule has 16 heavy (non-hydrogen) atoms. The molecule has 1 aromatic rings. The van der Waals surface area contributed by atoms with E-state index in [-0.39, 0.29) is 5.56 Å². The summed E-state index contributed by atoms with van der Waals surface area (Å²) in [7, 11) is 1.54. The van der Waals surface area contributed by atoms with Gasteiger partial charge in [-0.2, -0.15) is 0 Å².